The predicted molar refractivity (Wildman–Crippen MR) is 143 cm³/mol. The zero-order chi connectivity index (χ0) is 24.2. The monoisotopic (exact) mass is 492 g/mol. The number of rotatable bonds is 7. The summed E-state index contributed by atoms with van der Waals surface area (Å²) in [5, 5.41) is 12.0. The van der Waals surface area contributed by atoms with Gasteiger partial charge in [0.05, 0.1) is 22.1 Å². The Hall–Kier alpha value is -3.24. The van der Waals surface area contributed by atoms with Crippen LogP contribution in [0.5, 0.6) is 0 Å². The number of likely N-dealkylation sites (N-methyl/N-ethyl adjacent to an activating group) is 1. The summed E-state index contributed by atoms with van der Waals surface area (Å²) >= 11 is 1.64. The van der Waals surface area contributed by atoms with Gasteiger partial charge in [0, 0.05) is 38.3 Å². The molecule has 3 aromatic heterocycles. The summed E-state index contributed by atoms with van der Waals surface area (Å²) < 4.78 is 1.06. The largest absolute Gasteiger partial charge is 0.366 e. The molecule has 0 bridgehead atoms. The van der Waals surface area contributed by atoms with E-state index in [0.717, 1.165) is 79.4 Å². The summed E-state index contributed by atoms with van der Waals surface area (Å²) in [4.78, 5) is 30.4. The number of piperazine rings is 1. The Morgan fingerprint density at radius 3 is 2.57 bits per heavy atom. The maximum Gasteiger partial charge on any atom is 0.243 e. The van der Waals surface area contributed by atoms with Crippen LogP contribution in [-0.2, 0) is 4.79 Å². The fourth-order valence-corrected chi connectivity index (χ4v) is 5.45. The van der Waals surface area contributed by atoms with Gasteiger partial charge in [-0.3, -0.25) is 4.79 Å². The molecule has 3 N–H and O–H groups in total. The number of hydrogen-bond acceptors (Lipinski definition) is 9. The average molecular weight is 493 g/mol. The molecule has 1 aliphatic heterocycles. The Morgan fingerprint density at radius 2 is 1.86 bits per heavy atom. The number of fused-ring (bicyclic) bond motifs is 1. The smallest absolute Gasteiger partial charge is 0.243 e. The van der Waals surface area contributed by atoms with E-state index in [1.54, 1.807) is 11.3 Å². The van der Waals surface area contributed by atoms with Crippen molar-refractivity contribution >= 4 is 50.7 Å². The molecule has 4 heterocycles. The van der Waals surface area contributed by atoms with Gasteiger partial charge in [0.15, 0.2) is 0 Å². The molecule has 5 rings (SSSR count). The normalized spacial score (nSPS) is 21.0. The van der Waals surface area contributed by atoms with Gasteiger partial charge < -0.3 is 25.8 Å². The van der Waals surface area contributed by atoms with Gasteiger partial charge in [-0.05, 0) is 62.4 Å². The van der Waals surface area contributed by atoms with Crippen LogP contribution in [0.1, 0.15) is 25.7 Å². The Morgan fingerprint density at radius 1 is 1.09 bits per heavy atom. The molecule has 9 nitrogen and oxygen atoms in total. The number of nitrogens with zero attached hydrogens (tertiary/aromatic N) is 5. The SMILES string of the molecule is C=CC(=O)NC1CCC(Nc2nc(Nc3ccc(N4CCN(C)CC4)nc3)nc3ccsc23)CC1. The fourth-order valence-electron chi connectivity index (χ4n) is 4.66. The molecule has 0 radical (unpaired) electrons. The van der Waals surface area contributed by atoms with Gasteiger partial charge in [-0.2, -0.15) is 4.98 Å². The minimum atomic E-state index is -0.0979. The second-order valence-electron chi connectivity index (χ2n) is 9.26. The molecule has 1 saturated heterocycles. The first kappa shape index (κ1) is 23.5. The Bertz CT molecular complexity index is 1160. The number of anilines is 4. The van der Waals surface area contributed by atoms with Crippen LogP contribution >= 0.6 is 11.3 Å². The molecule has 1 aliphatic carbocycles. The van der Waals surface area contributed by atoms with Crippen LogP contribution < -0.4 is 20.9 Å². The molecule has 2 fully saturated rings. The van der Waals surface area contributed by atoms with E-state index in [-0.39, 0.29) is 11.9 Å². The van der Waals surface area contributed by atoms with Gasteiger partial charge in [-0.15, -0.1) is 11.3 Å². The van der Waals surface area contributed by atoms with Crippen molar-refractivity contribution in [1.29, 1.82) is 0 Å². The molecule has 2 aliphatic rings. The lowest BCUT2D eigenvalue weighted by Gasteiger charge is -2.33. The maximum atomic E-state index is 11.6. The number of thiophene rings is 1. The van der Waals surface area contributed by atoms with Crippen LogP contribution in [0.3, 0.4) is 0 Å². The molecule has 10 heteroatoms. The van der Waals surface area contributed by atoms with Crippen molar-refractivity contribution in [1.82, 2.24) is 25.2 Å². The third-order valence-electron chi connectivity index (χ3n) is 6.73. The topological polar surface area (TPSA) is 98.3 Å². The fraction of sp³-hybridized carbons (Fsp3) is 0.440. The van der Waals surface area contributed by atoms with E-state index in [9.17, 15) is 4.79 Å². The second-order valence-corrected chi connectivity index (χ2v) is 10.2. The van der Waals surface area contributed by atoms with Crippen molar-refractivity contribution in [3.05, 3.63) is 42.4 Å². The summed E-state index contributed by atoms with van der Waals surface area (Å²) in [5.74, 6) is 2.31. The summed E-state index contributed by atoms with van der Waals surface area (Å²) in [6, 6.07) is 6.63. The summed E-state index contributed by atoms with van der Waals surface area (Å²) in [7, 11) is 2.15. The number of carbonyl (C=O) groups is 1. The number of amides is 1. The van der Waals surface area contributed by atoms with E-state index in [0.29, 0.717) is 12.0 Å². The van der Waals surface area contributed by atoms with Gasteiger partial charge in [0.2, 0.25) is 11.9 Å². The number of carbonyl (C=O) groups excluding carboxylic acids is 1. The van der Waals surface area contributed by atoms with E-state index in [4.69, 9.17) is 9.97 Å². The molecule has 0 aromatic carbocycles. The number of aromatic nitrogens is 3. The third kappa shape index (κ3) is 5.71. The van der Waals surface area contributed by atoms with E-state index in [1.807, 2.05) is 23.7 Å². The van der Waals surface area contributed by atoms with Gasteiger partial charge in [-0.1, -0.05) is 6.58 Å². The van der Waals surface area contributed by atoms with E-state index in [1.165, 1.54) is 6.08 Å². The minimum Gasteiger partial charge on any atom is -0.366 e. The quantitative estimate of drug-likeness (QED) is 0.431. The number of nitrogens with one attached hydrogen (secondary N) is 3. The molecular formula is C25H32N8OS. The van der Waals surface area contributed by atoms with Gasteiger partial charge in [-0.25, -0.2) is 9.97 Å². The summed E-state index contributed by atoms with van der Waals surface area (Å²) in [6.45, 7) is 7.63. The Balaban J connectivity index is 1.25. The molecule has 0 unspecified atom stereocenters. The van der Waals surface area contributed by atoms with Gasteiger partial charge in [0.1, 0.15) is 11.6 Å². The average Bonchev–Trinajstić information content (AvgIpc) is 3.35. The second kappa shape index (κ2) is 10.6. The van der Waals surface area contributed by atoms with Gasteiger partial charge >= 0.3 is 0 Å². The highest BCUT2D eigenvalue weighted by Gasteiger charge is 2.23. The molecule has 1 saturated carbocycles. The standard InChI is InChI=1S/C25H32N8OS/c1-3-22(34)27-17-4-6-18(7-5-17)28-24-23-20(10-15-35-23)30-25(31-24)29-19-8-9-21(26-16-19)33-13-11-32(2)12-14-33/h3,8-10,15-18H,1,4-7,11-14H2,2H3,(H,27,34)(H2,28,29,30,31). The van der Waals surface area contributed by atoms with E-state index >= 15 is 0 Å². The summed E-state index contributed by atoms with van der Waals surface area (Å²) in [5.41, 5.74) is 1.78. The van der Waals surface area contributed by atoms with Crippen molar-refractivity contribution in [2.45, 2.75) is 37.8 Å². The first-order valence-electron chi connectivity index (χ1n) is 12.2. The van der Waals surface area contributed by atoms with Crippen LogP contribution in [0, 0.1) is 0 Å². The molecule has 184 valence electrons. The lowest BCUT2D eigenvalue weighted by Crippen LogP contribution is -2.44. The van der Waals surface area contributed by atoms with Crippen LogP contribution in [0.4, 0.5) is 23.3 Å². The van der Waals surface area contributed by atoms with E-state index < -0.39 is 0 Å². The zero-order valence-corrected chi connectivity index (χ0v) is 20.9. The molecule has 1 amide bonds. The first-order valence-corrected chi connectivity index (χ1v) is 13.1. The molecule has 0 atom stereocenters. The van der Waals surface area contributed by atoms with Crippen molar-refractivity contribution in [3.8, 4) is 0 Å². The highest BCUT2D eigenvalue weighted by atomic mass is 32.1. The number of pyridine rings is 1. The van der Waals surface area contributed by atoms with Crippen LogP contribution in [0.2, 0.25) is 0 Å². The molecule has 35 heavy (non-hydrogen) atoms. The Kier molecular flexibility index (Phi) is 7.10. The Labute approximate surface area is 209 Å². The van der Waals surface area contributed by atoms with Crippen LogP contribution in [0.15, 0.2) is 42.4 Å². The highest BCUT2D eigenvalue weighted by Crippen LogP contribution is 2.31. The minimum absolute atomic E-state index is 0.0979. The van der Waals surface area contributed by atoms with Crippen molar-refractivity contribution in [3.63, 3.8) is 0 Å². The zero-order valence-electron chi connectivity index (χ0n) is 20.0. The van der Waals surface area contributed by atoms with Crippen molar-refractivity contribution in [2.75, 3.05) is 48.8 Å². The summed E-state index contributed by atoms with van der Waals surface area (Å²) in [6.07, 6.45) is 7.00. The lowest BCUT2D eigenvalue weighted by molar-refractivity contribution is -0.117. The molecular weight excluding hydrogens is 460 g/mol. The highest BCUT2D eigenvalue weighted by molar-refractivity contribution is 7.17. The van der Waals surface area contributed by atoms with E-state index in [2.05, 4.69) is 50.4 Å². The molecule has 0 spiro atoms. The molecule has 3 aromatic rings. The lowest BCUT2D eigenvalue weighted by atomic mass is 9.91. The van der Waals surface area contributed by atoms with Gasteiger partial charge in [0.25, 0.3) is 0 Å². The predicted octanol–water partition coefficient (Wildman–Crippen LogP) is 3.61. The van der Waals surface area contributed by atoms with Crippen LogP contribution in [-0.4, -0.2) is 71.1 Å². The van der Waals surface area contributed by atoms with Crippen LogP contribution in [0.25, 0.3) is 10.2 Å². The number of hydrogen-bond donors (Lipinski definition) is 3. The first-order chi connectivity index (χ1) is 17.1. The third-order valence-corrected chi connectivity index (χ3v) is 7.65. The maximum absolute atomic E-state index is 11.6. The van der Waals surface area contributed by atoms with Crippen molar-refractivity contribution in [2.24, 2.45) is 0 Å². The van der Waals surface area contributed by atoms with Crippen molar-refractivity contribution < 1.29 is 4.79 Å².